The number of benzene rings is 1. The number of aliphatic carboxylic acids is 1. The highest BCUT2D eigenvalue weighted by Crippen LogP contribution is 2.28. The molecule has 0 spiro atoms. The minimum atomic E-state index is -0.808. The maximum absolute atomic E-state index is 10.7. The van der Waals surface area contributed by atoms with E-state index in [-0.39, 0.29) is 11.8 Å². The first-order chi connectivity index (χ1) is 7.81. The monoisotopic (exact) mass is 236 g/mol. The molecule has 0 aliphatic rings. The number of hydrogen-bond acceptors (Lipinski definition) is 2. The van der Waals surface area contributed by atoms with Gasteiger partial charge in [-0.3, -0.25) is 4.79 Å². The first-order valence-corrected chi connectivity index (χ1v) is 5.69. The van der Waals surface area contributed by atoms with Gasteiger partial charge in [0.2, 0.25) is 0 Å². The summed E-state index contributed by atoms with van der Waals surface area (Å²) in [6, 6.07) is 5.58. The fourth-order valence-corrected chi connectivity index (χ4v) is 1.83. The van der Waals surface area contributed by atoms with Crippen molar-refractivity contribution in [3.63, 3.8) is 0 Å². The molecule has 1 aromatic carbocycles. The maximum atomic E-state index is 10.7. The lowest BCUT2D eigenvalue weighted by atomic mass is 9.87. The third-order valence-corrected chi connectivity index (χ3v) is 2.42. The number of ether oxygens (including phenoxy) is 1. The Morgan fingerprint density at radius 2 is 2.00 bits per heavy atom. The molecule has 0 saturated heterocycles. The summed E-state index contributed by atoms with van der Waals surface area (Å²) in [5.74, 6) is 0.0194. The number of carboxylic acids is 1. The van der Waals surface area contributed by atoms with Crippen LogP contribution < -0.4 is 4.74 Å². The summed E-state index contributed by atoms with van der Waals surface area (Å²) in [6.45, 7) is 6.45. The highest BCUT2D eigenvalue weighted by molar-refractivity contribution is 5.70. The van der Waals surface area contributed by atoms with Crippen LogP contribution in [0.4, 0.5) is 0 Å². The van der Waals surface area contributed by atoms with Gasteiger partial charge in [-0.25, -0.2) is 0 Å². The van der Waals surface area contributed by atoms with Crippen molar-refractivity contribution in [3.05, 3.63) is 29.3 Å². The van der Waals surface area contributed by atoms with Crippen LogP contribution in [0.5, 0.6) is 5.75 Å². The molecule has 0 aliphatic carbocycles. The minimum absolute atomic E-state index is 0.0567. The summed E-state index contributed by atoms with van der Waals surface area (Å²) >= 11 is 0. The second-order valence-corrected chi connectivity index (χ2v) is 5.45. The predicted octanol–water partition coefficient (Wildman–Crippen LogP) is 2.91. The van der Waals surface area contributed by atoms with Gasteiger partial charge in [0.1, 0.15) is 5.75 Å². The van der Waals surface area contributed by atoms with E-state index in [4.69, 9.17) is 9.84 Å². The van der Waals surface area contributed by atoms with Gasteiger partial charge in [-0.2, -0.15) is 0 Å². The smallest absolute Gasteiger partial charge is 0.307 e. The highest BCUT2D eigenvalue weighted by atomic mass is 16.5. The molecule has 0 unspecified atom stereocenters. The molecule has 94 valence electrons. The molecule has 1 N–H and O–H groups in total. The highest BCUT2D eigenvalue weighted by Gasteiger charge is 2.15. The fourth-order valence-electron chi connectivity index (χ4n) is 1.83. The molecule has 0 aromatic heterocycles. The van der Waals surface area contributed by atoms with E-state index in [2.05, 4.69) is 20.8 Å². The third-order valence-electron chi connectivity index (χ3n) is 2.42. The second kappa shape index (κ2) is 5.21. The molecule has 0 aliphatic heterocycles. The average Bonchev–Trinajstić information content (AvgIpc) is 2.14. The minimum Gasteiger partial charge on any atom is -0.496 e. The lowest BCUT2D eigenvalue weighted by Crippen LogP contribution is -2.11. The van der Waals surface area contributed by atoms with Crippen LogP contribution in [0.3, 0.4) is 0 Å². The van der Waals surface area contributed by atoms with Crippen LogP contribution in [0, 0.1) is 5.41 Å². The van der Waals surface area contributed by atoms with E-state index >= 15 is 0 Å². The van der Waals surface area contributed by atoms with E-state index in [0.717, 1.165) is 23.3 Å². The molecule has 0 radical (unpaired) electrons. The van der Waals surface area contributed by atoms with E-state index in [1.165, 1.54) is 0 Å². The van der Waals surface area contributed by atoms with Crippen LogP contribution in [-0.4, -0.2) is 18.2 Å². The molecule has 0 bridgehead atoms. The molecule has 0 heterocycles. The molecule has 0 atom stereocenters. The van der Waals surface area contributed by atoms with Crippen LogP contribution in [0.2, 0.25) is 0 Å². The molecule has 17 heavy (non-hydrogen) atoms. The van der Waals surface area contributed by atoms with Gasteiger partial charge in [0, 0.05) is 0 Å². The first kappa shape index (κ1) is 13.6. The topological polar surface area (TPSA) is 46.5 Å². The molecule has 0 amide bonds. The van der Waals surface area contributed by atoms with Crippen molar-refractivity contribution in [3.8, 4) is 5.75 Å². The SMILES string of the molecule is COc1ccc(CC(=O)O)cc1CC(C)(C)C. The number of carbonyl (C=O) groups is 1. The normalized spacial score (nSPS) is 11.3. The van der Waals surface area contributed by atoms with E-state index in [1.807, 2.05) is 12.1 Å². The summed E-state index contributed by atoms with van der Waals surface area (Å²) in [7, 11) is 1.64. The van der Waals surface area contributed by atoms with E-state index in [0.29, 0.717) is 0 Å². The molecule has 1 aromatic rings. The van der Waals surface area contributed by atoms with Gasteiger partial charge >= 0.3 is 5.97 Å². The lowest BCUT2D eigenvalue weighted by molar-refractivity contribution is -0.136. The third kappa shape index (κ3) is 4.47. The van der Waals surface area contributed by atoms with E-state index in [1.54, 1.807) is 13.2 Å². The summed E-state index contributed by atoms with van der Waals surface area (Å²) in [5.41, 5.74) is 2.03. The Bertz CT molecular complexity index is 402. The Labute approximate surface area is 102 Å². The second-order valence-electron chi connectivity index (χ2n) is 5.45. The zero-order chi connectivity index (χ0) is 13.1. The maximum Gasteiger partial charge on any atom is 0.307 e. The van der Waals surface area contributed by atoms with Gasteiger partial charge in [-0.1, -0.05) is 32.9 Å². The Balaban J connectivity index is 3.02. The molecule has 1 rings (SSSR count). The van der Waals surface area contributed by atoms with Crippen LogP contribution in [0.1, 0.15) is 31.9 Å². The standard InChI is InChI=1S/C14H20O3/c1-14(2,3)9-11-7-10(8-13(15)16)5-6-12(11)17-4/h5-7H,8-9H2,1-4H3,(H,15,16). The lowest BCUT2D eigenvalue weighted by Gasteiger charge is -2.20. The van der Waals surface area contributed by atoms with Gasteiger partial charge < -0.3 is 9.84 Å². The van der Waals surface area contributed by atoms with Crippen LogP contribution in [-0.2, 0) is 17.6 Å². The average molecular weight is 236 g/mol. The Morgan fingerprint density at radius 1 is 1.35 bits per heavy atom. The van der Waals surface area contributed by atoms with Crippen molar-refractivity contribution >= 4 is 5.97 Å². The number of hydrogen-bond donors (Lipinski definition) is 1. The zero-order valence-electron chi connectivity index (χ0n) is 10.9. The van der Waals surface area contributed by atoms with Crippen molar-refractivity contribution in [2.24, 2.45) is 5.41 Å². The zero-order valence-corrected chi connectivity index (χ0v) is 10.9. The van der Waals surface area contributed by atoms with Crippen molar-refractivity contribution in [1.82, 2.24) is 0 Å². The van der Waals surface area contributed by atoms with Gasteiger partial charge in [0.05, 0.1) is 13.5 Å². The van der Waals surface area contributed by atoms with Crippen molar-refractivity contribution in [2.75, 3.05) is 7.11 Å². The Kier molecular flexibility index (Phi) is 4.16. The van der Waals surface area contributed by atoms with Crippen LogP contribution in [0.15, 0.2) is 18.2 Å². The predicted molar refractivity (Wildman–Crippen MR) is 67.5 cm³/mol. The molecule has 0 fully saturated rings. The van der Waals surface area contributed by atoms with Crippen molar-refractivity contribution in [1.29, 1.82) is 0 Å². The van der Waals surface area contributed by atoms with Gasteiger partial charge in [-0.05, 0) is 29.0 Å². The Hall–Kier alpha value is -1.51. The van der Waals surface area contributed by atoms with Crippen LogP contribution >= 0.6 is 0 Å². The summed E-state index contributed by atoms with van der Waals surface area (Å²) in [6.07, 6.45) is 0.921. The molecule has 0 saturated carbocycles. The molecular formula is C14H20O3. The molecular weight excluding hydrogens is 216 g/mol. The van der Waals surface area contributed by atoms with E-state index in [9.17, 15) is 4.79 Å². The van der Waals surface area contributed by atoms with Crippen molar-refractivity contribution in [2.45, 2.75) is 33.6 Å². The summed E-state index contributed by atoms with van der Waals surface area (Å²) in [4.78, 5) is 10.7. The van der Waals surface area contributed by atoms with Crippen LogP contribution in [0.25, 0.3) is 0 Å². The number of methoxy groups -OCH3 is 1. The van der Waals surface area contributed by atoms with E-state index < -0.39 is 5.97 Å². The number of carboxylic acid groups (broad SMARTS) is 1. The summed E-state index contributed by atoms with van der Waals surface area (Å²) < 4.78 is 5.30. The van der Waals surface area contributed by atoms with Crippen molar-refractivity contribution < 1.29 is 14.6 Å². The first-order valence-electron chi connectivity index (χ1n) is 5.69. The largest absolute Gasteiger partial charge is 0.496 e. The molecule has 3 heteroatoms. The van der Waals surface area contributed by atoms with Gasteiger partial charge in [-0.15, -0.1) is 0 Å². The van der Waals surface area contributed by atoms with Gasteiger partial charge in [0.25, 0.3) is 0 Å². The fraction of sp³-hybridized carbons (Fsp3) is 0.500. The summed E-state index contributed by atoms with van der Waals surface area (Å²) in [5, 5.41) is 8.79. The number of rotatable bonds is 4. The molecule has 3 nitrogen and oxygen atoms in total. The Morgan fingerprint density at radius 3 is 2.47 bits per heavy atom. The quantitative estimate of drug-likeness (QED) is 0.874. The van der Waals surface area contributed by atoms with Gasteiger partial charge in [0.15, 0.2) is 0 Å².